The molecule has 3 amide bonds. The normalized spacial score (nSPS) is 24.7. The van der Waals surface area contributed by atoms with Crippen LogP contribution in [0, 0.1) is 0 Å². The zero-order valence-electron chi connectivity index (χ0n) is 13.1. The van der Waals surface area contributed by atoms with E-state index in [1.165, 1.54) is 0 Å². The summed E-state index contributed by atoms with van der Waals surface area (Å²) in [6.45, 7) is 6.10. The van der Waals surface area contributed by atoms with E-state index in [1.54, 1.807) is 4.90 Å². The molecule has 22 heavy (non-hydrogen) atoms. The van der Waals surface area contributed by atoms with Crippen LogP contribution < -0.4 is 5.32 Å². The summed E-state index contributed by atoms with van der Waals surface area (Å²) in [5, 5.41) is 2.33. The van der Waals surface area contributed by atoms with Crippen molar-refractivity contribution in [3.8, 4) is 0 Å². The average molecular weight is 300 g/mol. The molecule has 0 aromatic heterocycles. The summed E-state index contributed by atoms with van der Waals surface area (Å²) in [5.41, 5.74) is 2.76. The minimum Gasteiger partial charge on any atom is -0.320 e. The lowest BCUT2D eigenvalue weighted by Gasteiger charge is -2.32. The molecule has 1 aromatic rings. The first-order chi connectivity index (χ1) is 10.4. The molecule has 0 aliphatic carbocycles. The van der Waals surface area contributed by atoms with Gasteiger partial charge in [-0.25, -0.2) is 0 Å². The van der Waals surface area contributed by atoms with Crippen LogP contribution in [0.5, 0.6) is 0 Å². The van der Waals surface area contributed by atoms with Crippen molar-refractivity contribution >= 4 is 17.7 Å². The number of benzene rings is 1. The van der Waals surface area contributed by atoms with Gasteiger partial charge in [0.25, 0.3) is 5.91 Å². The van der Waals surface area contributed by atoms with Gasteiger partial charge in [-0.3, -0.25) is 19.7 Å². The molecule has 5 nitrogen and oxygen atoms in total. The van der Waals surface area contributed by atoms with E-state index in [9.17, 15) is 14.4 Å². The molecular weight excluding hydrogens is 280 g/mol. The molecule has 0 saturated carbocycles. The fourth-order valence-corrected chi connectivity index (χ4v) is 3.31. The van der Waals surface area contributed by atoms with Gasteiger partial charge in [0.05, 0.1) is 6.04 Å². The maximum Gasteiger partial charge on any atom is 0.255 e. The van der Waals surface area contributed by atoms with E-state index in [0.29, 0.717) is 17.9 Å². The summed E-state index contributed by atoms with van der Waals surface area (Å²) in [4.78, 5) is 37.8. The molecule has 2 heterocycles. The van der Waals surface area contributed by atoms with Crippen LogP contribution in [-0.2, 0) is 9.59 Å². The van der Waals surface area contributed by atoms with E-state index >= 15 is 0 Å². The third-order valence-electron chi connectivity index (χ3n) is 4.62. The lowest BCUT2D eigenvalue weighted by Crippen LogP contribution is -2.53. The molecule has 5 heteroatoms. The molecule has 2 unspecified atom stereocenters. The summed E-state index contributed by atoms with van der Waals surface area (Å²) in [6, 6.07) is 5.26. The first-order valence-electron chi connectivity index (χ1n) is 7.70. The van der Waals surface area contributed by atoms with Crippen molar-refractivity contribution in [2.75, 3.05) is 0 Å². The molecule has 3 rings (SSSR count). The first-order valence-corrected chi connectivity index (χ1v) is 7.70. The molecule has 0 spiro atoms. The number of amides is 3. The highest BCUT2D eigenvalue weighted by atomic mass is 16.2. The zero-order valence-corrected chi connectivity index (χ0v) is 13.1. The van der Waals surface area contributed by atoms with Crippen LogP contribution in [0.15, 0.2) is 18.2 Å². The number of carbonyl (C=O) groups is 3. The predicted molar refractivity (Wildman–Crippen MR) is 81.3 cm³/mol. The van der Waals surface area contributed by atoms with Gasteiger partial charge in [0.1, 0.15) is 6.04 Å². The second kappa shape index (κ2) is 5.23. The number of nitrogens with one attached hydrogen (secondary N) is 1. The standard InChI is InChI=1S/C17H20N2O3/c1-9(2)11-4-5-12-10(3)19(17(22)13(12)8-11)14-6-7-15(20)18-16(14)21/h4-5,8-10,14H,6-7H2,1-3H3,(H,18,20,21). The highest BCUT2D eigenvalue weighted by molar-refractivity contribution is 6.05. The van der Waals surface area contributed by atoms with Crippen LogP contribution in [0.25, 0.3) is 0 Å². The van der Waals surface area contributed by atoms with E-state index in [1.807, 2.05) is 25.1 Å². The molecule has 1 N–H and O–H groups in total. The molecule has 2 atom stereocenters. The fraction of sp³-hybridized carbons (Fsp3) is 0.471. The average Bonchev–Trinajstić information content (AvgIpc) is 2.71. The van der Waals surface area contributed by atoms with Crippen molar-refractivity contribution < 1.29 is 14.4 Å². The monoisotopic (exact) mass is 300 g/mol. The zero-order chi connectivity index (χ0) is 16.0. The molecule has 0 radical (unpaired) electrons. The number of carbonyl (C=O) groups excluding carboxylic acids is 3. The topological polar surface area (TPSA) is 66.5 Å². The van der Waals surface area contributed by atoms with Gasteiger partial charge >= 0.3 is 0 Å². The number of hydrogen-bond acceptors (Lipinski definition) is 3. The quantitative estimate of drug-likeness (QED) is 0.851. The summed E-state index contributed by atoms with van der Waals surface area (Å²) in [6.07, 6.45) is 0.673. The summed E-state index contributed by atoms with van der Waals surface area (Å²) in [7, 11) is 0. The maximum absolute atomic E-state index is 12.8. The van der Waals surface area contributed by atoms with Crippen LogP contribution in [-0.4, -0.2) is 28.7 Å². The fourth-order valence-electron chi connectivity index (χ4n) is 3.31. The molecular formula is C17H20N2O3. The predicted octanol–water partition coefficient (Wildman–Crippen LogP) is 2.13. The highest BCUT2D eigenvalue weighted by Gasteiger charge is 2.43. The van der Waals surface area contributed by atoms with Gasteiger partial charge in [-0.1, -0.05) is 26.0 Å². The van der Waals surface area contributed by atoms with Crippen LogP contribution >= 0.6 is 0 Å². The first kappa shape index (κ1) is 14.8. The molecule has 1 fully saturated rings. The number of piperidine rings is 1. The Morgan fingerprint density at radius 2 is 1.95 bits per heavy atom. The summed E-state index contributed by atoms with van der Waals surface area (Å²) in [5.74, 6) is -0.397. The maximum atomic E-state index is 12.8. The van der Waals surface area contributed by atoms with Gasteiger partial charge in [0.2, 0.25) is 11.8 Å². The molecule has 2 aliphatic heterocycles. The van der Waals surface area contributed by atoms with Crippen LogP contribution in [0.4, 0.5) is 0 Å². The van der Waals surface area contributed by atoms with Crippen molar-refractivity contribution in [3.05, 3.63) is 34.9 Å². The van der Waals surface area contributed by atoms with Gasteiger partial charge in [-0.05, 0) is 36.5 Å². The largest absolute Gasteiger partial charge is 0.320 e. The van der Waals surface area contributed by atoms with Crippen LogP contribution in [0.3, 0.4) is 0 Å². The minimum atomic E-state index is -0.560. The number of imide groups is 1. The highest BCUT2D eigenvalue weighted by Crippen LogP contribution is 2.37. The number of fused-ring (bicyclic) bond motifs is 1. The van der Waals surface area contributed by atoms with Gasteiger partial charge in [-0.15, -0.1) is 0 Å². The Morgan fingerprint density at radius 3 is 2.59 bits per heavy atom. The molecule has 1 aromatic carbocycles. The van der Waals surface area contributed by atoms with Crippen molar-refractivity contribution in [2.45, 2.75) is 51.6 Å². The molecule has 1 saturated heterocycles. The number of rotatable bonds is 2. The third kappa shape index (κ3) is 2.21. The number of hydrogen-bond donors (Lipinski definition) is 1. The van der Waals surface area contributed by atoms with Crippen molar-refractivity contribution in [1.29, 1.82) is 0 Å². The Hall–Kier alpha value is -2.17. The second-order valence-corrected chi connectivity index (χ2v) is 6.36. The Morgan fingerprint density at radius 1 is 1.23 bits per heavy atom. The van der Waals surface area contributed by atoms with E-state index in [4.69, 9.17) is 0 Å². The van der Waals surface area contributed by atoms with E-state index in [-0.39, 0.29) is 30.2 Å². The van der Waals surface area contributed by atoms with Crippen molar-refractivity contribution in [3.63, 3.8) is 0 Å². The van der Waals surface area contributed by atoms with E-state index in [2.05, 4.69) is 19.2 Å². The van der Waals surface area contributed by atoms with Gasteiger partial charge in [0, 0.05) is 12.0 Å². The van der Waals surface area contributed by atoms with Crippen molar-refractivity contribution in [2.24, 2.45) is 0 Å². The van der Waals surface area contributed by atoms with E-state index in [0.717, 1.165) is 11.1 Å². The van der Waals surface area contributed by atoms with Crippen LogP contribution in [0.2, 0.25) is 0 Å². The van der Waals surface area contributed by atoms with E-state index < -0.39 is 6.04 Å². The van der Waals surface area contributed by atoms with Gasteiger partial charge < -0.3 is 4.90 Å². The Labute approximate surface area is 129 Å². The van der Waals surface area contributed by atoms with Gasteiger partial charge in [0.15, 0.2) is 0 Å². The van der Waals surface area contributed by atoms with Gasteiger partial charge in [-0.2, -0.15) is 0 Å². The van der Waals surface area contributed by atoms with Crippen molar-refractivity contribution in [1.82, 2.24) is 10.2 Å². The Balaban J connectivity index is 1.94. The third-order valence-corrected chi connectivity index (χ3v) is 4.62. The molecule has 2 aliphatic rings. The molecule has 0 bridgehead atoms. The Bertz CT molecular complexity index is 666. The van der Waals surface area contributed by atoms with Crippen LogP contribution in [0.1, 0.15) is 67.1 Å². The lowest BCUT2D eigenvalue weighted by atomic mass is 9.97. The molecule has 116 valence electrons. The second-order valence-electron chi connectivity index (χ2n) is 6.36. The lowest BCUT2D eigenvalue weighted by molar-refractivity contribution is -0.137. The summed E-state index contributed by atoms with van der Waals surface area (Å²) >= 11 is 0. The Kier molecular flexibility index (Phi) is 3.51. The minimum absolute atomic E-state index is 0.112. The number of nitrogens with zero attached hydrogens (tertiary/aromatic N) is 1. The smallest absolute Gasteiger partial charge is 0.255 e. The SMILES string of the molecule is CC(C)c1ccc2c(c1)C(=O)N(C1CCC(=O)NC1=O)C2C. The summed E-state index contributed by atoms with van der Waals surface area (Å²) < 4.78 is 0.